The standard InChI is InChI=1S/C22H27N5O.ClH/c1-2-12-25-19-15-27(18-10-6-7-11-18)24-20(19)21-23-17(14-26(21)22(25)28)13-16-8-4-3-5-9-16;/h3-5,8-9,15,17-18H,2,6-7,10-14H2,1H3;1H/t17-;/m1./s1. The highest BCUT2D eigenvalue weighted by Gasteiger charge is 2.42. The molecule has 2 aliphatic heterocycles. The van der Waals surface area contributed by atoms with Crippen LogP contribution in [0.1, 0.15) is 56.3 Å². The van der Waals surface area contributed by atoms with Crippen LogP contribution in [0.15, 0.2) is 41.5 Å². The molecule has 0 N–H and O–H groups in total. The molecule has 3 heterocycles. The van der Waals surface area contributed by atoms with E-state index in [-0.39, 0.29) is 24.5 Å². The first-order valence-electron chi connectivity index (χ1n) is 10.5. The number of hydrogen-bond donors (Lipinski definition) is 0. The van der Waals surface area contributed by atoms with Crippen LogP contribution in [-0.4, -0.2) is 45.7 Å². The number of amides is 2. The normalized spacial score (nSPS) is 21.1. The maximum atomic E-state index is 13.2. The SMILES string of the molecule is CCCN1C(=O)N2C[C@@H](Cc3ccccc3)N=C2c2nn(C3CCCC3)cc21.Cl. The maximum absolute atomic E-state index is 13.2. The summed E-state index contributed by atoms with van der Waals surface area (Å²) in [5.41, 5.74) is 3.08. The first kappa shape index (κ1) is 20.0. The first-order chi connectivity index (χ1) is 13.7. The van der Waals surface area contributed by atoms with Crippen LogP contribution in [0.5, 0.6) is 0 Å². The van der Waals surface area contributed by atoms with Gasteiger partial charge >= 0.3 is 6.03 Å². The van der Waals surface area contributed by atoms with Crippen LogP contribution < -0.4 is 4.90 Å². The molecule has 2 aromatic rings. The fourth-order valence-electron chi connectivity index (χ4n) is 4.72. The van der Waals surface area contributed by atoms with E-state index in [9.17, 15) is 4.79 Å². The van der Waals surface area contributed by atoms with Gasteiger partial charge in [0.05, 0.1) is 24.3 Å². The van der Waals surface area contributed by atoms with Crippen molar-refractivity contribution in [1.29, 1.82) is 0 Å². The van der Waals surface area contributed by atoms with E-state index >= 15 is 0 Å². The summed E-state index contributed by atoms with van der Waals surface area (Å²) in [7, 11) is 0. The summed E-state index contributed by atoms with van der Waals surface area (Å²) < 4.78 is 2.10. The van der Waals surface area contributed by atoms with Gasteiger partial charge in [-0.05, 0) is 31.2 Å². The lowest BCUT2D eigenvalue weighted by molar-refractivity contribution is 0.227. The Morgan fingerprint density at radius 3 is 2.62 bits per heavy atom. The number of aliphatic imine (C=N–C) groups is 1. The first-order valence-corrected chi connectivity index (χ1v) is 10.5. The third-order valence-electron chi connectivity index (χ3n) is 6.09. The van der Waals surface area contributed by atoms with Crippen molar-refractivity contribution < 1.29 is 4.79 Å². The van der Waals surface area contributed by atoms with Gasteiger partial charge in [0.25, 0.3) is 0 Å². The summed E-state index contributed by atoms with van der Waals surface area (Å²) in [6.45, 7) is 3.47. The van der Waals surface area contributed by atoms with Crippen molar-refractivity contribution in [1.82, 2.24) is 14.7 Å². The molecule has 5 rings (SSSR count). The van der Waals surface area contributed by atoms with Crippen LogP contribution in [0.2, 0.25) is 0 Å². The predicted molar refractivity (Wildman–Crippen MR) is 117 cm³/mol. The number of carbonyl (C=O) groups excluding carboxylic acids is 1. The van der Waals surface area contributed by atoms with Crippen molar-refractivity contribution in [2.24, 2.45) is 4.99 Å². The third-order valence-corrected chi connectivity index (χ3v) is 6.09. The van der Waals surface area contributed by atoms with Crippen molar-refractivity contribution in [3.8, 4) is 0 Å². The molecular weight excluding hydrogens is 386 g/mol. The largest absolute Gasteiger partial charge is 0.330 e. The molecule has 0 bridgehead atoms. The molecule has 7 heteroatoms. The van der Waals surface area contributed by atoms with Gasteiger partial charge in [0.1, 0.15) is 0 Å². The monoisotopic (exact) mass is 413 g/mol. The lowest BCUT2D eigenvalue weighted by atomic mass is 10.1. The molecule has 2 amide bonds. The number of halogens is 1. The summed E-state index contributed by atoms with van der Waals surface area (Å²) in [5.74, 6) is 0.769. The number of aromatic nitrogens is 2. The zero-order valence-corrected chi connectivity index (χ0v) is 17.6. The number of nitrogens with zero attached hydrogens (tertiary/aromatic N) is 5. The molecule has 0 saturated heterocycles. The molecule has 29 heavy (non-hydrogen) atoms. The lowest BCUT2D eigenvalue weighted by Crippen LogP contribution is -2.50. The quantitative estimate of drug-likeness (QED) is 0.727. The number of carbonyl (C=O) groups is 1. The fourth-order valence-corrected chi connectivity index (χ4v) is 4.72. The van der Waals surface area contributed by atoms with Crippen LogP contribution in [0.4, 0.5) is 10.5 Å². The number of amidine groups is 1. The van der Waals surface area contributed by atoms with E-state index in [1.165, 1.54) is 31.2 Å². The van der Waals surface area contributed by atoms with Crippen LogP contribution >= 0.6 is 12.4 Å². The van der Waals surface area contributed by atoms with Crippen LogP contribution in [-0.2, 0) is 6.42 Å². The Hall–Kier alpha value is -2.34. The molecule has 154 valence electrons. The molecule has 3 aliphatic rings. The average Bonchev–Trinajstić information content (AvgIpc) is 3.44. The maximum Gasteiger partial charge on any atom is 0.330 e. The molecule has 1 aliphatic carbocycles. The van der Waals surface area contributed by atoms with Gasteiger partial charge in [-0.1, -0.05) is 50.1 Å². The molecule has 0 spiro atoms. The third kappa shape index (κ3) is 3.54. The Labute approximate surface area is 178 Å². The molecular formula is C22H28ClN5O. The topological polar surface area (TPSA) is 53.7 Å². The molecule has 1 aromatic heterocycles. The second-order valence-corrected chi connectivity index (χ2v) is 8.12. The van der Waals surface area contributed by atoms with Gasteiger partial charge in [-0.3, -0.25) is 19.5 Å². The fraction of sp³-hybridized carbons (Fsp3) is 0.500. The summed E-state index contributed by atoms with van der Waals surface area (Å²) in [6, 6.07) is 11.0. The van der Waals surface area contributed by atoms with Crippen molar-refractivity contribution >= 4 is 30.0 Å². The van der Waals surface area contributed by atoms with Crippen LogP contribution in [0, 0.1) is 0 Å². The molecule has 0 radical (unpaired) electrons. The second-order valence-electron chi connectivity index (χ2n) is 8.12. The van der Waals surface area contributed by atoms with Gasteiger partial charge in [-0.15, -0.1) is 12.4 Å². The van der Waals surface area contributed by atoms with Gasteiger partial charge in [-0.2, -0.15) is 5.10 Å². The number of fused-ring (bicyclic) bond motifs is 3. The van der Waals surface area contributed by atoms with Gasteiger partial charge in [-0.25, -0.2) is 4.79 Å². The zero-order valence-electron chi connectivity index (χ0n) is 16.8. The van der Waals surface area contributed by atoms with Gasteiger partial charge in [0.2, 0.25) is 0 Å². The molecule has 0 unspecified atom stereocenters. The zero-order chi connectivity index (χ0) is 19.1. The molecule has 6 nitrogen and oxygen atoms in total. The van der Waals surface area contributed by atoms with E-state index in [0.29, 0.717) is 12.6 Å². The van der Waals surface area contributed by atoms with E-state index in [1.54, 1.807) is 0 Å². The molecule has 1 fully saturated rings. The highest BCUT2D eigenvalue weighted by atomic mass is 35.5. The number of rotatable bonds is 5. The Kier molecular flexibility index (Phi) is 5.63. The number of urea groups is 1. The summed E-state index contributed by atoms with van der Waals surface area (Å²) in [5, 5.41) is 4.93. The number of anilines is 1. The molecule has 1 saturated carbocycles. The minimum Gasteiger partial charge on any atom is -0.290 e. The van der Waals surface area contributed by atoms with Gasteiger partial charge in [0, 0.05) is 12.7 Å². The minimum absolute atomic E-state index is 0. The average molecular weight is 414 g/mol. The highest BCUT2D eigenvalue weighted by molar-refractivity contribution is 6.19. The van der Waals surface area contributed by atoms with Crippen molar-refractivity contribution in [2.45, 2.75) is 57.5 Å². The number of hydrogen-bond acceptors (Lipinski definition) is 3. The smallest absolute Gasteiger partial charge is 0.290 e. The van der Waals surface area contributed by atoms with Crippen molar-refractivity contribution in [2.75, 3.05) is 18.0 Å². The molecule has 1 aromatic carbocycles. The van der Waals surface area contributed by atoms with E-state index in [2.05, 4.69) is 42.1 Å². The van der Waals surface area contributed by atoms with Crippen LogP contribution in [0.3, 0.4) is 0 Å². The Morgan fingerprint density at radius 2 is 1.90 bits per heavy atom. The summed E-state index contributed by atoms with van der Waals surface area (Å²) in [6.07, 6.45) is 8.74. The van der Waals surface area contributed by atoms with E-state index in [1.807, 2.05) is 15.9 Å². The summed E-state index contributed by atoms with van der Waals surface area (Å²) in [4.78, 5) is 21.9. The Morgan fingerprint density at radius 1 is 1.14 bits per heavy atom. The molecule has 1 atom stereocenters. The lowest BCUT2D eigenvalue weighted by Gasteiger charge is -2.32. The van der Waals surface area contributed by atoms with Crippen LogP contribution in [0.25, 0.3) is 0 Å². The summed E-state index contributed by atoms with van der Waals surface area (Å²) >= 11 is 0. The van der Waals surface area contributed by atoms with Crippen molar-refractivity contribution in [3.63, 3.8) is 0 Å². The Bertz CT molecular complexity index is 903. The van der Waals surface area contributed by atoms with E-state index in [0.717, 1.165) is 36.6 Å². The van der Waals surface area contributed by atoms with E-state index in [4.69, 9.17) is 10.1 Å². The predicted octanol–water partition coefficient (Wildman–Crippen LogP) is 4.44. The number of benzene rings is 1. The van der Waals surface area contributed by atoms with Gasteiger partial charge in [0.15, 0.2) is 11.5 Å². The van der Waals surface area contributed by atoms with E-state index < -0.39 is 0 Å². The Balaban J connectivity index is 0.00000205. The van der Waals surface area contributed by atoms with Gasteiger partial charge < -0.3 is 0 Å². The minimum atomic E-state index is 0. The second kappa shape index (κ2) is 8.19. The van der Waals surface area contributed by atoms with Crippen molar-refractivity contribution in [3.05, 3.63) is 47.8 Å². The highest BCUT2D eigenvalue weighted by Crippen LogP contribution is 2.36.